The van der Waals surface area contributed by atoms with Crippen LogP contribution in [0, 0.1) is 0 Å². The Morgan fingerprint density at radius 1 is 1.61 bits per heavy atom. The summed E-state index contributed by atoms with van der Waals surface area (Å²) >= 11 is 4.90. The van der Waals surface area contributed by atoms with Gasteiger partial charge in [0.2, 0.25) is 5.91 Å². The van der Waals surface area contributed by atoms with Crippen molar-refractivity contribution in [1.82, 2.24) is 4.90 Å². The molecule has 0 fully saturated rings. The highest BCUT2D eigenvalue weighted by Crippen LogP contribution is 2.21. The number of hydrogen-bond acceptors (Lipinski definition) is 4. The van der Waals surface area contributed by atoms with Gasteiger partial charge in [-0.3, -0.25) is 9.59 Å². The minimum Gasteiger partial charge on any atom is -0.481 e. The summed E-state index contributed by atoms with van der Waals surface area (Å²) in [6, 6.07) is 1.19. The summed E-state index contributed by atoms with van der Waals surface area (Å²) in [5, 5.41) is 10.5. The number of carboxylic acid groups (broad SMARTS) is 1. The lowest BCUT2D eigenvalue weighted by molar-refractivity contribution is -0.137. The van der Waals surface area contributed by atoms with Crippen LogP contribution in [-0.4, -0.2) is 35.0 Å². The second-order valence-electron chi connectivity index (χ2n) is 3.99. The van der Waals surface area contributed by atoms with Crippen molar-refractivity contribution in [2.75, 3.05) is 7.05 Å². The Bertz CT molecular complexity index is 436. The van der Waals surface area contributed by atoms with Crippen molar-refractivity contribution >= 4 is 39.1 Å². The zero-order chi connectivity index (χ0) is 13.7. The zero-order valence-electron chi connectivity index (χ0n) is 9.93. The van der Waals surface area contributed by atoms with Gasteiger partial charge in [-0.05, 0) is 39.4 Å². The van der Waals surface area contributed by atoms with Crippen molar-refractivity contribution in [3.05, 3.63) is 20.8 Å². The highest BCUT2D eigenvalue weighted by molar-refractivity contribution is 9.11. The first-order valence-electron chi connectivity index (χ1n) is 5.35. The van der Waals surface area contributed by atoms with E-state index in [1.165, 1.54) is 4.90 Å². The van der Waals surface area contributed by atoms with Gasteiger partial charge in [0, 0.05) is 20.0 Å². The van der Waals surface area contributed by atoms with Crippen molar-refractivity contribution in [2.24, 2.45) is 5.73 Å². The molecule has 0 bridgehead atoms. The third-order valence-electron chi connectivity index (χ3n) is 2.40. The van der Waals surface area contributed by atoms with Crippen molar-refractivity contribution < 1.29 is 14.7 Å². The topological polar surface area (TPSA) is 83.6 Å². The summed E-state index contributed by atoms with van der Waals surface area (Å²) in [6.45, 7) is 0.474. The van der Waals surface area contributed by atoms with Gasteiger partial charge in [0.15, 0.2) is 0 Å². The van der Waals surface area contributed by atoms with Crippen LogP contribution in [0.3, 0.4) is 0 Å². The predicted molar refractivity (Wildman–Crippen MR) is 73.3 cm³/mol. The van der Waals surface area contributed by atoms with E-state index in [2.05, 4.69) is 15.9 Å². The molecule has 1 amide bonds. The minimum atomic E-state index is -0.942. The molecule has 18 heavy (non-hydrogen) atoms. The van der Waals surface area contributed by atoms with Gasteiger partial charge in [-0.25, -0.2) is 0 Å². The van der Waals surface area contributed by atoms with Crippen LogP contribution in [0.4, 0.5) is 0 Å². The third kappa shape index (κ3) is 4.75. The number of likely N-dealkylation sites (N-methyl/N-ethyl adjacent to an activating group) is 1. The van der Waals surface area contributed by atoms with Crippen molar-refractivity contribution in [2.45, 2.75) is 25.4 Å². The van der Waals surface area contributed by atoms with Gasteiger partial charge in [0.1, 0.15) is 0 Å². The Labute approximate surface area is 118 Å². The van der Waals surface area contributed by atoms with Crippen LogP contribution in [0.15, 0.2) is 15.2 Å². The van der Waals surface area contributed by atoms with Gasteiger partial charge in [-0.1, -0.05) is 0 Å². The molecule has 0 aliphatic carbocycles. The van der Waals surface area contributed by atoms with Gasteiger partial charge >= 0.3 is 5.97 Å². The van der Waals surface area contributed by atoms with E-state index >= 15 is 0 Å². The SMILES string of the molecule is CN(Cc1csc(Br)c1)C(=O)C(N)CCC(=O)O. The maximum Gasteiger partial charge on any atom is 0.303 e. The first-order chi connectivity index (χ1) is 8.40. The van der Waals surface area contributed by atoms with Crippen LogP contribution in [0.5, 0.6) is 0 Å². The fourth-order valence-corrected chi connectivity index (χ4v) is 2.67. The van der Waals surface area contributed by atoms with E-state index in [0.29, 0.717) is 6.54 Å². The number of halogens is 1. The normalized spacial score (nSPS) is 12.2. The van der Waals surface area contributed by atoms with Crippen LogP contribution in [0.2, 0.25) is 0 Å². The van der Waals surface area contributed by atoms with Crippen LogP contribution < -0.4 is 5.73 Å². The quantitative estimate of drug-likeness (QED) is 0.828. The molecule has 0 aromatic carbocycles. The average molecular weight is 335 g/mol. The number of thiophene rings is 1. The van der Waals surface area contributed by atoms with Crippen molar-refractivity contribution in [1.29, 1.82) is 0 Å². The molecular formula is C11H15BrN2O3S. The number of nitrogens with zero attached hydrogens (tertiary/aromatic N) is 1. The smallest absolute Gasteiger partial charge is 0.303 e. The van der Waals surface area contributed by atoms with Gasteiger partial charge < -0.3 is 15.7 Å². The van der Waals surface area contributed by atoms with E-state index in [1.807, 2.05) is 11.4 Å². The van der Waals surface area contributed by atoms with Crippen molar-refractivity contribution in [3.63, 3.8) is 0 Å². The van der Waals surface area contributed by atoms with Gasteiger partial charge in [-0.15, -0.1) is 11.3 Å². The Morgan fingerprint density at radius 2 is 2.28 bits per heavy atom. The number of aliphatic carboxylic acids is 1. The molecule has 0 aliphatic heterocycles. The second kappa shape index (κ2) is 6.86. The molecule has 3 N–H and O–H groups in total. The summed E-state index contributed by atoms with van der Waals surface area (Å²) in [5.41, 5.74) is 6.69. The van der Waals surface area contributed by atoms with Crippen LogP contribution >= 0.6 is 27.3 Å². The number of rotatable bonds is 6. The molecule has 1 heterocycles. The lowest BCUT2D eigenvalue weighted by Gasteiger charge is -2.20. The fourth-order valence-electron chi connectivity index (χ4n) is 1.47. The fraction of sp³-hybridized carbons (Fsp3) is 0.455. The summed E-state index contributed by atoms with van der Waals surface area (Å²) in [7, 11) is 1.66. The maximum absolute atomic E-state index is 11.9. The van der Waals surface area contributed by atoms with Crippen LogP contribution in [-0.2, 0) is 16.1 Å². The summed E-state index contributed by atoms with van der Waals surface area (Å²) in [6.07, 6.45) is 0.0661. The molecule has 1 rings (SSSR count). The Hall–Kier alpha value is -0.920. The van der Waals surface area contributed by atoms with E-state index in [-0.39, 0.29) is 18.7 Å². The molecule has 0 spiro atoms. The number of carbonyl (C=O) groups is 2. The van der Waals surface area contributed by atoms with E-state index in [4.69, 9.17) is 10.8 Å². The zero-order valence-corrected chi connectivity index (χ0v) is 12.3. The lowest BCUT2D eigenvalue weighted by Crippen LogP contribution is -2.41. The highest BCUT2D eigenvalue weighted by atomic mass is 79.9. The average Bonchev–Trinajstić information content (AvgIpc) is 2.70. The maximum atomic E-state index is 11.9. The lowest BCUT2D eigenvalue weighted by atomic mass is 10.1. The number of nitrogens with two attached hydrogens (primary N) is 1. The van der Waals surface area contributed by atoms with Crippen LogP contribution in [0.1, 0.15) is 18.4 Å². The number of carbonyl (C=O) groups excluding carboxylic acids is 1. The summed E-state index contributed by atoms with van der Waals surface area (Å²) in [4.78, 5) is 23.8. The van der Waals surface area contributed by atoms with E-state index < -0.39 is 12.0 Å². The molecule has 5 nitrogen and oxygen atoms in total. The highest BCUT2D eigenvalue weighted by Gasteiger charge is 2.19. The summed E-state index contributed by atoms with van der Waals surface area (Å²) < 4.78 is 1.01. The van der Waals surface area contributed by atoms with Gasteiger partial charge in [0.25, 0.3) is 0 Å². The van der Waals surface area contributed by atoms with Crippen LogP contribution in [0.25, 0.3) is 0 Å². The molecule has 7 heteroatoms. The van der Waals surface area contributed by atoms with Gasteiger partial charge in [0.05, 0.1) is 9.83 Å². The molecule has 0 aliphatic rings. The Balaban J connectivity index is 2.47. The number of carboxylic acids is 1. The predicted octanol–water partition coefficient (Wildman–Crippen LogP) is 1.66. The monoisotopic (exact) mass is 334 g/mol. The largest absolute Gasteiger partial charge is 0.481 e. The summed E-state index contributed by atoms with van der Waals surface area (Å²) in [5.74, 6) is -1.18. The number of hydrogen-bond donors (Lipinski definition) is 2. The van der Waals surface area contributed by atoms with E-state index in [0.717, 1.165) is 9.35 Å². The first-order valence-corrected chi connectivity index (χ1v) is 7.02. The van der Waals surface area contributed by atoms with Crippen molar-refractivity contribution in [3.8, 4) is 0 Å². The molecule has 1 atom stereocenters. The molecular weight excluding hydrogens is 320 g/mol. The Morgan fingerprint density at radius 3 is 2.78 bits per heavy atom. The molecule has 0 saturated carbocycles. The minimum absolute atomic E-state index is 0.0925. The molecule has 0 radical (unpaired) electrons. The number of amides is 1. The molecule has 1 aromatic rings. The molecule has 100 valence electrons. The van der Waals surface area contributed by atoms with E-state index in [1.54, 1.807) is 18.4 Å². The Kier molecular flexibility index (Phi) is 5.77. The van der Waals surface area contributed by atoms with E-state index in [9.17, 15) is 9.59 Å². The first kappa shape index (κ1) is 15.1. The molecule has 1 aromatic heterocycles. The molecule has 1 unspecified atom stereocenters. The van der Waals surface area contributed by atoms with Gasteiger partial charge in [-0.2, -0.15) is 0 Å². The second-order valence-corrected chi connectivity index (χ2v) is 6.28. The standard InChI is InChI=1S/C11H15BrN2O3S/c1-14(5-7-4-9(12)18-6-7)11(17)8(13)2-3-10(15)16/h4,6,8H,2-3,5,13H2,1H3,(H,15,16). The third-order valence-corrected chi connectivity index (χ3v) is 3.96. The molecule has 0 saturated heterocycles.